The molecule has 0 heterocycles. The maximum absolute atomic E-state index is 2.30. The van der Waals surface area contributed by atoms with Crippen LogP contribution in [0.5, 0.6) is 0 Å². The van der Waals surface area contributed by atoms with Crippen molar-refractivity contribution in [2.45, 2.75) is 44.3 Å². The molecule has 0 rings (SSSR count). The molecule has 0 aromatic rings. The van der Waals surface area contributed by atoms with Crippen molar-refractivity contribution >= 4 is 0 Å². The standard InChI is InChI=1S/C8H17.3H2O.Ti/c1-4-5-6-7-8(2)3;;;;/h8H,1,4-7H2,2-3H3;3*1H2;. The molecule has 0 fully saturated rings. The summed E-state index contributed by atoms with van der Waals surface area (Å²) in [4.78, 5) is 0. The molecule has 0 aromatic heterocycles. The summed E-state index contributed by atoms with van der Waals surface area (Å²) in [5.41, 5.74) is 0. The van der Waals surface area contributed by atoms with Crippen LogP contribution in [0.25, 0.3) is 0 Å². The Morgan fingerprint density at radius 2 is 1.42 bits per heavy atom. The third kappa shape index (κ3) is 22.4. The van der Waals surface area contributed by atoms with Crippen molar-refractivity contribution in [1.82, 2.24) is 0 Å². The summed E-state index contributed by atoms with van der Waals surface area (Å²) >= 11 is 2.26. The molecule has 6 N–H and O–H groups in total. The van der Waals surface area contributed by atoms with Crippen LogP contribution in [0, 0.1) is 5.92 Å². The van der Waals surface area contributed by atoms with Crippen molar-refractivity contribution < 1.29 is 36.9 Å². The molecule has 0 atom stereocenters. The minimum absolute atomic E-state index is 0. The van der Waals surface area contributed by atoms with E-state index in [1.807, 2.05) is 0 Å². The third-order valence-corrected chi connectivity index (χ3v) is 2.01. The van der Waals surface area contributed by atoms with Crippen molar-refractivity contribution in [3.8, 4) is 0 Å². The van der Waals surface area contributed by atoms with Crippen LogP contribution in [0.4, 0.5) is 0 Å². The molecule has 0 aliphatic carbocycles. The van der Waals surface area contributed by atoms with Crippen LogP contribution in [0.15, 0.2) is 0 Å². The fourth-order valence-electron chi connectivity index (χ4n) is 0.854. The average Bonchev–Trinajstić information content (AvgIpc) is 1.80. The zero-order valence-corrected chi connectivity index (χ0v) is 9.67. The van der Waals surface area contributed by atoms with Gasteiger partial charge in [-0.2, -0.15) is 0 Å². The summed E-state index contributed by atoms with van der Waals surface area (Å²) in [7, 11) is 0. The zero-order chi connectivity index (χ0) is 7.11. The van der Waals surface area contributed by atoms with Gasteiger partial charge < -0.3 is 16.4 Å². The first-order chi connectivity index (χ1) is 4.27. The Morgan fingerprint density at radius 1 is 0.917 bits per heavy atom. The van der Waals surface area contributed by atoms with E-state index in [2.05, 4.69) is 34.3 Å². The van der Waals surface area contributed by atoms with Crippen molar-refractivity contribution in [1.29, 1.82) is 0 Å². The van der Waals surface area contributed by atoms with Crippen LogP contribution in [-0.4, -0.2) is 16.4 Å². The molecule has 0 spiro atoms. The summed E-state index contributed by atoms with van der Waals surface area (Å²) < 4.78 is 1.36. The van der Waals surface area contributed by atoms with Gasteiger partial charge in [0.25, 0.3) is 0 Å². The van der Waals surface area contributed by atoms with Gasteiger partial charge in [0.15, 0.2) is 0 Å². The first-order valence-corrected chi connectivity index (χ1v) is 5.02. The van der Waals surface area contributed by atoms with Gasteiger partial charge in [-0.25, -0.2) is 0 Å². The Balaban J connectivity index is -0.000000107. The fraction of sp³-hybridized carbons (Fsp3) is 1.00. The van der Waals surface area contributed by atoms with Crippen molar-refractivity contribution in [2.75, 3.05) is 0 Å². The van der Waals surface area contributed by atoms with Gasteiger partial charge in [-0.15, -0.1) is 0 Å². The molecule has 0 saturated carbocycles. The zero-order valence-electron chi connectivity index (χ0n) is 8.11. The summed E-state index contributed by atoms with van der Waals surface area (Å²) in [5.74, 6) is 0.904. The van der Waals surface area contributed by atoms with Gasteiger partial charge >= 0.3 is 70.6 Å². The number of hydrogen-bond acceptors (Lipinski definition) is 0. The molecular weight excluding hydrogens is 192 g/mol. The van der Waals surface area contributed by atoms with Gasteiger partial charge in [0.05, 0.1) is 0 Å². The monoisotopic (exact) mass is 215 g/mol. The minimum Gasteiger partial charge on any atom is -0.412 e. The molecule has 0 radical (unpaired) electrons. The summed E-state index contributed by atoms with van der Waals surface area (Å²) in [5, 5.41) is 0. The molecule has 0 unspecified atom stereocenters. The van der Waals surface area contributed by atoms with E-state index < -0.39 is 0 Å². The van der Waals surface area contributed by atoms with Crippen molar-refractivity contribution in [2.24, 2.45) is 5.92 Å². The largest absolute Gasteiger partial charge is 0.412 e. The van der Waals surface area contributed by atoms with E-state index in [1.54, 1.807) is 0 Å². The molecule has 3 nitrogen and oxygen atoms in total. The predicted octanol–water partition coefficient (Wildman–Crippen LogP) is 0.694. The van der Waals surface area contributed by atoms with Crippen LogP contribution >= 0.6 is 0 Å². The molecule has 0 aliphatic heterocycles. The Kier molecular flexibility index (Phi) is 33.7. The Morgan fingerprint density at radius 3 is 1.75 bits per heavy atom. The fourth-order valence-corrected chi connectivity index (χ4v) is 1.24. The minimum atomic E-state index is 0. The molecule has 0 saturated heterocycles. The Bertz CT molecular complexity index is 60.3. The average molecular weight is 215 g/mol. The van der Waals surface area contributed by atoms with Gasteiger partial charge in [0.2, 0.25) is 0 Å². The van der Waals surface area contributed by atoms with Crippen LogP contribution in [0.1, 0.15) is 39.5 Å². The van der Waals surface area contributed by atoms with E-state index >= 15 is 0 Å². The molecule has 0 amide bonds. The molecule has 0 bridgehead atoms. The van der Waals surface area contributed by atoms with E-state index in [1.165, 1.54) is 30.4 Å². The molecular formula is C8H23O3Ti. The second-order valence-electron chi connectivity index (χ2n) is 2.99. The molecule has 0 aliphatic rings. The number of rotatable bonds is 5. The van der Waals surface area contributed by atoms with Gasteiger partial charge in [-0.05, 0) is 0 Å². The quantitative estimate of drug-likeness (QED) is 0.476. The Labute approximate surface area is 87.3 Å². The van der Waals surface area contributed by atoms with Crippen molar-refractivity contribution in [3.63, 3.8) is 0 Å². The van der Waals surface area contributed by atoms with Crippen LogP contribution in [0.2, 0.25) is 4.73 Å². The smallest absolute Gasteiger partial charge is 0.412 e. The predicted molar refractivity (Wildman–Crippen MR) is 49.0 cm³/mol. The third-order valence-electron chi connectivity index (χ3n) is 1.46. The summed E-state index contributed by atoms with van der Waals surface area (Å²) in [6, 6.07) is 0. The van der Waals surface area contributed by atoms with Gasteiger partial charge in [-0.1, -0.05) is 0 Å². The van der Waals surface area contributed by atoms with Gasteiger partial charge in [0.1, 0.15) is 0 Å². The maximum Gasteiger partial charge on any atom is -0.412 e. The second kappa shape index (κ2) is 17.6. The first-order valence-electron chi connectivity index (χ1n) is 3.92. The number of unbranched alkanes of at least 4 members (excludes halogenated alkanes) is 2. The first kappa shape index (κ1) is 22.9. The summed E-state index contributed by atoms with van der Waals surface area (Å²) in [6.07, 6.45) is 5.72. The Hall–Kier alpha value is 0.594. The van der Waals surface area contributed by atoms with Crippen LogP contribution < -0.4 is 0 Å². The van der Waals surface area contributed by atoms with E-state index in [0.29, 0.717) is 0 Å². The van der Waals surface area contributed by atoms with E-state index in [9.17, 15) is 0 Å². The van der Waals surface area contributed by atoms with Crippen LogP contribution in [-0.2, 0) is 20.4 Å². The summed E-state index contributed by atoms with van der Waals surface area (Å²) in [6.45, 7) is 4.60. The molecule has 12 heavy (non-hydrogen) atoms. The topological polar surface area (TPSA) is 94.5 Å². The SMILES string of the molecule is CC(C)CCCC[CH2][Ti].O.O.O. The van der Waals surface area contributed by atoms with Crippen molar-refractivity contribution in [3.05, 3.63) is 0 Å². The van der Waals surface area contributed by atoms with E-state index in [-0.39, 0.29) is 16.4 Å². The molecule has 4 heteroatoms. The van der Waals surface area contributed by atoms with E-state index in [0.717, 1.165) is 5.92 Å². The molecule has 77 valence electrons. The normalized spacial score (nSPS) is 7.83. The van der Waals surface area contributed by atoms with Gasteiger partial charge in [-0.3, -0.25) is 0 Å². The van der Waals surface area contributed by atoms with Crippen LogP contribution in [0.3, 0.4) is 0 Å². The van der Waals surface area contributed by atoms with Gasteiger partial charge in [0, 0.05) is 0 Å². The maximum atomic E-state index is 2.30. The van der Waals surface area contributed by atoms with E-state index in [4.69, 9.17) is 0 Å². The number of hydrogen-bond donors (Lipinski definition) is 0. The molecule has 0 aromatic carbocycles. The second-order valence-corrected chi connectivity index (χ2v) is 3.77.